The lowest BCUT2D eigenvalue weighted by Crippen LogP contribution is -2.11. The molecule has 0 spiro atoms. The van der Waals surface area contributed by atoms with Crippen LogP contribution in [0.25, 0.3) is 0 Å². The first-order chi connectivity index (χ1) is 5.86. The molecule has 1 unspecified atom stereocenters. The van der Waals surface area contributed by atoms with Gasteiger partial charge in [0.05, 0.1) is 0 Å². The number of hydrogen-bond donors (Lipinski definition) is 1. The summed E-state index contributed by atoms with van der Waals surface area (Å²) in [5, 5.41) is 3.04. The van der Waals surface area contributed by atoms with E-state index in [1.54, 1.807) is 24.9 Å². The Bertz CT molecular complexity index is 306. The number of ether oxygens (including phenoxy) is 1. The fraction of sp³-hybridized carbons (Fsp3) is 0.125. The monoisotopic (exact) mass is 226 g/mol. The molecule has 0 radical (unpaired) electrons. The SMILES string of the molecule is Brc1cncc(C2NC=CO2)c1. The number of hydrogen-bond acceptors (Lipinski definition) is 3. The number of pyridine rings is 1. The minimum Gasteiger partial charge on any atom is -0.473 e. The Labute approximate surface area is 78.6 Å². The Morgan fingerprint density at radius 1 is 1.50 bits per heavy atom. The summed E-state index contributed by atoms with van der Waals surface area (Å²) in [5.74, 6) is 0. The molecule has 3 nitrogen and oxygen atoms in total. The van der Waals surface area contributed by atoms with Crippen molar-refractivity contribution in [3.63, 3.8) is 0 Å². The van der Waals surface area contributed by atoms with Crippen LogP contribution in [0.2, 0.25) is 0 Å². The summed E-state index contributed by atoms with van der Waals surface area (Å²) in [6.45, 7) is 0. The predicted octanol–water partition coefficient (Wildman–Crippen LogP) is 1.93. The molecule has 1 aliphatic rings. The molecule has 1 aromatic heterocycles. The van der Waals surface area contributed by atoms with Crippen molar-refractivity contribution in [2.45, 2.75) is 6.23 Å². The fourth-order valence-electron chi connectivity index (χ4n) is 1.03. The van der Waals surface area contributed by atoms with Crippen LogP contribution in [0.15, 0.2) is 35.4 Å². The van der Waals surface area contributed by atoms with Crippen molar-refractivity contribution < 1.29 is 4.74 Å². The largest absolute Gasteiger partial charge is 0.473 e. The van der Waals surface area contributed by atoms with Crippen LogP contribution >= 0.6 is 15.9 Å². The van der Waals surface area contributed by atoms with Gasteiger partial charge in [0.25, 0.3) is 0 Å². The first-order valence-corrected chi connectivity index (χ1v) is 4.32. The van der Waals surface area contributed by atoms with E-state index in [-0.39, 0.29) is 6.23 Å². The zero-order valence-electron chi connectivity index (χ0n) is 6.20. The van der Waals surface area contributed by atoms with E-state index >= 15 is 0 Å². The van der Waals surface area contributed by atoms with Crippen molar-refractivity contribution in [3.05, 3.63) is 41.0 Å². The lowest BCUT2D eigenvalue weighted by molar-refractivity contribution is 0.154. The minimum absolute atomic E-state index is 0.0880. The molecule has 1 N–H and O–H groups in total. The maximum Gasteiger partial charge on any atom is 0.196 e. The van der Waals surface area contributed by atoms with E-state index in [1.165, 1.54) is 0 Å². The molecule has 62 valence electrons. The van der Waals surface area contributed by atoms with Gasteiger partial charge >= 0.3 is 0 Å². The molecule has 0 bridgehead atoms. The third-order valence-corrected chi connectivity index (χ3v) is 1.99. The third-order valence-electron chi connectivity index (χ3n) is 1.56. The minimum atomic E-state index is -0.0880. The second kappa shape index (κ2) is 3.15. The van der Waals surface area contributed by atoms with Gasteiger partial charge < -0.3 is 10.1 Å². The van der Waals surface area contributed by atoms with E-state index in [4.69, 9.17) is 4.74 Å². The van der Waals surface area contributed by atoms with Crippen LogP contribution in [0.5, 0.6) is 0 Å². The predicted molar refractivity (Wildman–Crippen MR) is 48.0 cm³/mol. The van der Waals surface area contributed by atoms with Gasteiger partial charge in [-0.1, -0.05) is 0 Å². The van der Waals surface area contributed by atoms with E-state index in [0.717, 1.165) is 10.0 Å². The first kappa shape index (κ1) is 7.61. The maximum absolute atomic E-state index is 5.24. The highest BCUT2D eigenvalue weighted by Crippen LogP contribution is 2.20. The number of aromatic nitrogens is 1. The van der Waals surface area contributed by atoms with Gasteiger partial charge in [-0.05, 0) is 22.0 Å². The average molecular weight is 227 g/mol. The van der Waals surface area contributed by atoms with Crippen LogP contribution in [-0.4, -0.2) is 4.98 Å². The van der Waals surface area contributed by atoms with Crippen molar-refractivity contribution in [2.75, 3.05) is 0 Å². The molecule has 2 rings (SSSR count). The smallest absolute Gasteiger partial charge is 0.196 e. The van der Waals surface area contributed by atoms with Gasteiger partial charge in [0.15, 0.2) is 6.23 Å². The van der Waals surface area contributed by atoms with Crippen molar-refractivity contribution in [3.8, 4) is 0 Å². The molecule has 0 saturated carbocycles. The molecule has 2 heterocycles. The first-order valence-electron chi connectivity index (χ1n) is 3.53. The van der Waals surface area contributed by atoms with Gasteiger partial charge in [0.1, 0.15) is 6.26 Å². The topological polar surface area (TPSA) is 34.2 Å². The number of halogens is 1. The molecule has 0 aliphatic carbocycles. The highest BCUT2D eigenvalue weighted by molar-refractivity contribution is 9.10. The summed E-state index contributed by atoms with van der Waals surface area (Å²) < 4.78 is 6.20. The molecule has 0 saturated heterocycles. The average Bonchev–Trinajstić information content (AvgIpc) is 2.56. The molecule has 12 heavy (non-hydrogen) atoms. The van der Waals surface area contributed by atoms with E-state index in [2.05, 4.69) is 26.2 Å². The second-order valence-electron chi connectivity index (χ2n) is 2.42. The molecule has 4 heteroatoms. The fourth-order valence-corrected chi connectivity index (χ4v) is 1.41. The summed E-state index contributed by atoms with van der Waals surface area (Å²) in [7, 11) is 0. The van der Waals surface area contributed by atoms with Crippen LogP contribution in [-0.2, 0) is 4.74 Å². The normalized spacial score (nSPS) is 20.2. The number of nitrogens with zero attached hydrogens (tertiary/aromatic N) is 1. The Balaban J connectivity index is 2.22. The van der Waals surface area contributed by atoms with Gasteiger partial charge in [0, 0.05) is 28.6 Å². The lowest BCUT2D eigenvalue weighted by atomic mass is 10.2. The zero-order valence-corrected chi connectivity index (χ0v) is 7.78. The van der Waals surface area contributed by atoms with Gasteiger partial charge in [-0.3, -0.25) is 4.98 Å². The van der Waals surface area contributed by atoms with Gasteiger partial charge in [-0.25, -0.2) is 0 Å². The van der Waals surface area contributed by atoms with Crippen molar-refractivity contribution >= 4 is 15.9 Å². The van der Waals surface area contributed by atoms with Gasteiger partial charge in [0.2, 0.25) is 0 Å². The third kappa shape index (κ3) is 1.43. The summed E-state index contributed by atoms with van der Waals surface area (Å²) in [5.41, 5.74) is 1.01. The maximum atomic E-state index is 5.24. The number of rotatable bonds is 1. The highest BCUT2D eigenvalue weighted by atomic mass is 79.9. The zero-order chi connectivity index (χ0) is 8.39. The van der Waals surface area contributed by atoms with Crippen molar-refractivity contribution in [1.29, 1.82) is 0 Å². The molecule has 0 fully saturated rings. The van der Waals surface area contributed by atoms with E-state index in [0.29, 0.717) is 0 Å². The molecule has 0 aromatic carbocycles. The van der Waals surface area contributed by atoms with Crippen LogP contribution in [0.3, 0.4) is 0 Å². The second-order valence-corrected chi connectivity index (χ2v) is 3.34. The van der Waals surface area contributed by atoms with E-state index in [9.17, 15) is 0 Å². The Kier molecular flexibility index (Phi) is 1.99. The van der Waals surface area contributed by atoms with Crippen molar-refractivity contribution in [2.24, 2.45) is 0 Å². The molecular weight excluding hydrogens is 220 g/mol. The summed E-state index contributed by atoms with van der Waals surface area (Å²) >= 11 is 3.34. The van der Waals surface area contributed by atoms with Crippen LogP contribution in [0.1, 0.15) is 11.8 Å². The number of nitrogens with one attached hydrogen (secondary N) is 1. The van der Waals surface area contributed by atoms with E-state index in [1.807, 2.05) is 6.07 Å². The summed E-state index contributed by atoms with van der Waals surface area (Å²) in [6, 6.07) is 1.97. The highest BCUT2D eigenvalue weighted by Gasteiger charge is 2.12. The molecular formula is C8H7BrN2O. The standard InChI is InChI=1S/C8H7BrN2O/c9-7-3-6(4-10-5-7)8-11-1-2-12-8/h1-5,8,11H. The van der Waals surface area contributed by atoms with Gasteiger partial charge in [-0.2, -0.15) is 0 Å². The molecule has 1 atom stereocenters. The lowest BCUT2D eigenvalue weighted by Gasteiger charge is -2.10. The Morgan fingerprint density at radius 3 is 3.08 bits per heavy atom. The van der Waals surface area contributed by atoms with Gasteiger partial charge in [-0.15, -0.1) is 0 Å². The Hall–Kier alpha value is -1.03. The summed E-state index contributed by atoms with van der Waals surface area (Å²) in [6.07, 6.45) is 6.83. The molecule has 1 aliphatic heterocycles. The summed E-state index contributed by atoms with van der Waals surface area (Å²) in [4.78, 5) is 4.03. The van der Waals surface area contributed by atoms with Crippen LogP contribution < -0.4 is 5.32 Å². The molecule has 0 amide bonds. The van der Waals surface area contributed by atoms with E-state index < -0.39 is 0 Å². The van der Waals surface area contributed by atoms with Crippen LogP contribution in [0.4, 0.5) is 0 Å². The van der Waals surface area contributed by atoms with Crippen molar-refractivity contribution in [1.82, 2.24) is 10.3 Å². The quantitative estimate of drug-likeness (QED) is 0.795. The Morgan fingerprint density at radius 2 is 2.42 bits per heavy atom. The molecule has 1 aromatic rings. The van der Waals surface area contributed by atoms with Crippen LogP contribution in [0, 0.1) is 0 Å².